The van der Waals surface area contributed by atoms with Gasteiger partial charge in [-0.25, -0.2) is 13.1 Å². The van der Waals surface area contributed by atoms with Gasteiger partial charge in [-0.3, -0.25) is 0 Å². The van der Waals surface area contributed by atoms with Crippen LogP contribution in [0.15, 0.2) is 0 Å². The molecular formula is C13H26N2O3S. The third-order valence-electron chi connectivity index (χ3n) is 3.68. The maximum Gasteiger partial charge on any atom is 0.211 e. The van der Waals surface area contributed by atoms with Crippen molar-refractivity contribution in [3.63, 3.8) is 0 Å². The first-order chi connectivity index (χ1) is 9.05. The Hall–Kier alpha value is -0.170. The average Bonchev–Trinajstić information content (AvgIpc) is 3.11. The van der Waals surface area contributed by atoms with Crippen LogP contribution in [0.3, 0.4) is 0 Å². The van der Waals surface area contributed by atoms with E-state index < -0.39 is 10.0 Å². The molecule has 2 rings (SSSR count). The normalized spacial score (nSPS) is 28.5. The lowest BCUT2D eigenvalue weighted by molar-refractivity contribution is 0.0173. The zero-order valence-electron chi connectivity index (χ0n) is 11.7. The van der Waals surface area contributed by atoms with Crippen molar-refractivity contribution in [3.8, 4) is 0 Å². The fourth-order valence-electron chi connectivity index (χ4n) is 2.43. The number of ether oxygens (including phenoxy) is 1. The first-order valence-electron chi connectivity index (χ1n) is 7.40. The number of hydrogen-bond acceptors (Lipinski definition) is 4. The number of unbranched alkanes of at least 4 members (excludes halogenated alkanes) is 1. The summed E-state index contributed by atoms with van der Waals surface area (Å²) in [6, 6.07) is 0.761. The van der Waals surface area contributed by atoms with Crippen LogP contribution in [-0.4, -0.2) is 45.5 Å². The lowest BCUT2D eigenvalue weighted by Crippen LogP contribution is -2.42. The maximum absolute atomic E-state index is 11.9. The molecule has 6 heteroatoms. The third-order valence-corrected chi connectivity index (χ3v) is 5.20. The molecule has 0 amide bonds. The van der Waals surface area contributed by atoms with Gasteiger partial charge in [0.25, 0.3) is 0 Å². The molecule has 2 fully saturated rings. The van der Waals surface area contributed by atoms with Gasteiger partial charge in [-0.2, -0.15) is 0 Å². The number of sulfonamides is 1. The van der Waals surface area contributed by atoms with Gasteiger partial charge in [0.2, 0.25) is 10.0 Å². The number of rotatable bonds is 8. The topological polar surface area (TPSA) is 67.4 Å². The molecule has 2 N–H and O–H groups in total. The molecule has 0 aromatic heterocycles. The summed E-state index contributed by atoms with van der Waals surface area (Å²) < 4.78 is 32.1. The van der Waals surface area contributed by atoms with Gasteiger partial charge in [0.1, 0.15) is 0 Å². The van der Waals surface area contributed by atoms with Gasteiger partial charge < -0.3 is 10.1 Å². The van der Waals surface area contributed by atoms with Crippen molar-refractivity contribution in [2.24, 2.45) is 0 Å². The molecule has 1 saturated carbocycles. The molecule has 0 radical (unpaired) electrons. The van der Waals surface area contributed by atoms with E-state index in [0.29, 0.717) is 12.6 Å². The Balaban J connectivity index is 1.60. The van der Waals surface area contributed by atoms with Crippen LogP contribution < -0.4 is 10.0 Å². The van der Waals surface area contributed by atoms with Crippen LogP contribution in [0.25, 0.3) is 0 Å². The van der Waals surface area contributed by atoms with E-state index in [4.69, 9.17) is 4.74 Å². The molecular weight excluding hydrogens is 264 g/mol. The summed E-state index contributed by atoms with van der Waals surface area (Å²) in [4.78, 5) is 0. The molecule has 2 unspecified atom stereocenters. The van der Waals surface area contributed by atoms with Gasteiger partial charge in [-0.15, -0.1) is 0 Å². The number of hydrogen-bond donors (Lipinski definition) is 2. The average molecular weight is 290 g/mol. The summed E-state index contributed by atoms with van der Waals surface area (Å²) in [5.41, 5.74) is 0. The van der Waals surface area contributed by atoms with Crippen molar-refractivity contribution in [3.05, 3.63) is 0 Å². The van der Waals surface area contributed by atoms with E-state index in [1.165, 1.54) is 12.8 Å². The maximum atomic E-state index is 11.9. The van der Waals surface area contributed by atoms with E-state index in [9.17, 15) is 8.42 Å². The smallest absolute Gasteiger partial charge is 0.211 e. The molecule has 0 aromatic rings. The Kier molecular flexibility index (Phi) is 5.62. The second kappa shape index (κ2) is 7.02. The second-order valence-corrected chi connectivity index (χ2v) is 7.65. The minimum atomic E-state index is -3.12. The van der Waals surface area contributed by atoms with E-state index >= 15 is 0 Å². The van der Waals surface area contributed by atoms with E-state index in [2.05, 4.69) is 10.0 Å². The molecule has 1 aliphatic heterocycles. The molecule has 2 aliphatic rings. The zero-order chi connectivity index (χ0) is 13.7. The summed E-state index contributed by atoms with van der Waals surface area (Å²) in [5.74, 6) is 0.241. The Labute approximate surface area is 116 Å². The van der Waals surface area contributed by atoms with Crippen LogP contribution in [0.5, 0.6) is 0 Å². The molecule has 1 heterocycles. The van der Waals surface area contributed by atoms with Crippen LogP contribution in [0, 0.1) is 0 Å². The minimum absolute atomic E-state index is 0.0540. The molecule has 0 spiro atoms. The van der Waals surface area contributed by atoms with Crippen molar-refractivity contribution < 1.29 is 13.2 Å². The van der Waals surface area contributed by atoms with Crippen LogP contribution >= 0.6 is 0 Å². The molecule has 0 aromatic carbocycles. The van der Waals surface area contributed by atoms with Crippen molar-refractivity contribution in [1.82, 2.24) is 10.0 Å². The Morgan fingerprint density at radius 3 is 2.63 bits per heavy atom. The van der Waals surface area contributed by atoms with E-state index in [1.807, 2.05) is 6.92 Å². The van der Waals surface area contributed by atoms with Gasteiger partial charge in [0.05, 0.1) is 11.9 Å². The Morgan fingerprint density at radius 2 is 1.95 bits per heavy atom. The van der Waals surface area contributed by atoms with E-state index in [0.717, 1.165) is 32.2 Å². The van der Waals surface area contributed by atoms with Crippen molar-refractivity contribution in [2.75, 3.05) is 18.9 Å². The summed E-state index contributed by atoms with van der Waals surface area (Å²) in [6.45, 7) is 3.58. The SMILES string of the molecule is CC1CC(NS(=O)(=O)CCCCNC2CC2)CCO1. The molecule has 112 valence electrons. The van der Waals surface area contributed by atoms with E-state index in [1.54, 1.807) is 0 Å². The highest BCUT2D eigenvalue weighted by Crippen LogP contribution is 2.18. The van der Waals surface area contributed by atoms with Gasteiger partial charge in [-0.05, 0) is 52.0 Å². The van der Waals surface area contributed by atoms with Gasteiger partial charge in [0.15, 0.2) is 0 Å². The molecule has 19 heavy (non-hydrogen) atoms. The van der Waals surface area contributed by atoms with Crippen molar-refractivity contribution in [1.29, 1.82) is 0 Å². The van der Waals surface area contributed by atoms with Crippen molar-refractivity contribution in [2.45, 2.75) is 63.6 Å². The van der Waals surface area contributed by atoms with Gasteiger partial charge in [-0.1, -0.05) is 0 Å². The van der Waals surface area contributed by atoms with Crippen LogP contribution in [-0.2, 0) is 14.8 Å². The first-order valence-corrected chi connectivity index (χ1v) is 9.05. The fraction of sp³-hybridized carbons (Fsp3) is 1.00. The summed E-state index contributed by atoms with van der Waals surface area (Å²) in [7, 11) is -3.12. The molecule has 2 atom stereocenters. The zero-order valence-corrected chi connectivity index (χ0v) is 12.5. The minimum Gasteiger partial charge on any atom is -0.378 e. The largest absolute Gasteiger partial charge is 0.378 e. The van der Waals surface area contributed by atoms with Crippen LogP contribution in [0.2, 0.25) is 0 Å². The Bertz CT molecular complexity index is 368. The molecule has 1 saturated heterocycles. The predicted octanol–water partition coefficient (Wildman–Crippen LogP) is 1.01. The predicted molar refractivity (Wildman–Crippen MR) is 75.6 cm³/mol. The lowest BCUT2D eigenvalue weighted by atomic mass is 10.1. The summed E-state index contributed by atoms with van der Waals surface area (Å²) in [6.07, 6.45) is 5.94. The monoisotopic (exact) mass is 290 g/mol. The highest BCUT2D eigenvalue weighted by molar-refractivity contribution is 7.89. The summed E-state index contributed by atoms with van der Waals surface area (Å²) >= 11 is 0. The highest BCUT2D eigenvalue weighted by atomic mass is 32.2. The summed E-state index contributed by atoms with van der Waals surface area (Å²) in [5, 5.41) is 3.40. The van der Waals surface area contributed by atoms with E-state index in [-0.39, 0.29) is 17.9 Å². The molecule has 1 aliphatic carbocycles. The molecule has 0 bridgehead atoms. The first kappa shape index (κ1) is 15.2. The lowest BCUT2D eigenvalue weighted by Gasteiger charge is -2.27. The second-order valence-electron chi connectivity index (χ2n) is 5.77. The highest BCUT2D eigenvalue weighted by Gasteiger charge is 2.24. The van der Waals surface area contributed by atoms with Crippen LogP contribution in [0.4, 0.5) is 0 Å². The van der Waals surface area contributed by atoms with Gasteiger partial charge in [0, 0.05) is 18.7 Å². The Morgan fingerprint density at radius 1 is 1.16 bits per heavy atom. The fourth-order valence-corrected chi connectivity index (χ4v) is 3.85. The molecule has 5 nitrogen and oxygen atoms in total. The van der Waals surface area contributed by atoms with Crippen LogP contribution in [0.1, 0.15) is 45.4 Å². The number of nitrogens with one attached hydrogen (secondary N) is 2. The standard InChI is InChI=1S/C13H26N2O3S/c1-11-10-13(6-8-18-11)15-19(16,17)9-3-2-7-14-12-4-5-12/h11-15H,2-10H2,1H3. The van der Waals surface area contributed by atoms with Gasteiger partial charge >= 0.3 is 0 Å². The third kappa shape index (κ3) is 6.21. The quantitative estimate of drug-likeness (QED) is 0.655. The van der Waals surface area contributed by atoms with Crippen molar-refractivity contribution >= 4 is 10.0 Å².